The normalized spacial score (nSPS) is 13.8. The zero-order valence-corrected chi connectivity index (χ0v) is 16.0. The molecule has 0 aliphatic rings. The predicted molar refractivity (Wildman–Crippen MR) is 102 cm³/mol. The maximum Gasteiger partial charge on any atom is 0.145 e. The highest BCUT2D eigenvalue weighted by molar-refractivity contribution is 7.79. The maximum atomic E-state index is 14.2. The van der Waals surface area contributed by atoms with Gasteiger partial charge >= 0.3 is 0 Å². The van der Waals surface area contributed by atoms with Gasteiger partial charge in [-0.15, -0.1) is 0 Å². The van der Waals surface area contributed by atoms with Gasteiger partial charge in [0.15, 0.2) is 0 Å². The van der Waals surface area contributed by atoms with Crippen LogP contribution in [0.25, 0.3) is 0 Å². The second-order valence-electron chi connectivity index (χ2n) is 7.16. The van der Waals surface area contributed by atoms with Crippen molar-refractivity contribution < 1.29 is 4.57 Å². The van der Waals surface area contributed by atoms with Crippen molar-refractivity contribution in [3.8, 4) is 0 Å². The van der Waals surface area contributed by atoms with Crippen LogP contribution in [0.15, 0.2) is 60.7 Å². The SMILES string of the molecule is CCC(C[Si](C)(C)C)P(=O)(c1ccccc1)c1ccccc1. The van der Waals surface area contributed by atoms with Gasteiger partial charge in [0.2, 0.25) is 0 Å². The van der Waals surface area contributed by atoms with Crippen molar-refractivity contribution >= 4 is 25.8 Å². The lowest BCUT2D eigenvalue weighted by atomic mass is 10.3. The molecule has 0 saturated carbocycles. The first kappa shape index (κ1) is 17.2. The van der Waals surface area contributed by atoms with E-state index in [2.05, 4.69) is 26.6 Å². The molecule has 0 aromatic heterocycles. The average Bonchev–Trinajstić information content (AvgIpc) is 2.52. The summed E-state index contributed by atoms with van der Waals surface area (Å²) in [7, 11) is -3.88. The lowest BCUT2D eigenvalue weighted by Crippen LogP contribution is -2.32. The summed E-state index contributed by atoms with van der Waals surface area (Å²) in [4.78, 5) is 0. The molecule has 2 rings (SSSR count). The van der Waals surface area contributed by atoms with E-state index in [-0.39, 0.29) is 5.66 Å². The van der Waals surface area contributed by atoms with Crippen LogP contribution in [0.1, 0.15) is 13.3 Å². The van der Waals surface area contributed by atoms with Crippen LogP contribution in [0.2, 0.25) is 25.7 Å². The van der Waals surface area contributed by atoms with Crippen molar-refractivity contribution in [2.45, 2.75) is 44.7 Å². The lowest BCUT2D eigenvalue weighted by Gasteiger charge is -2.32. The predicted octanol–water partition coefficient (Wildman–Crippen LogP) is 5.12. The smallest absolute Gasteiger partial charge is 0.145 e. The second kappa shape index (κ2) is 6.98. The zero-order chi connectivity index (χ0) is 16.2. The highest BCUT2D eigenvalue weighted by Crippen LogP contribution is 2.52. The highest BCUT2D eigenvalue weighted by atomic mass is 31.2. The van der Waals surface area contributed by atoms with Gasteiger partial charge in [-0.3, -0.25) is 0 Å². The molecule has 0 amide bonds. The Labute approximate surface area is 136 Å². The molecule has 2 aromatic carbocycles. The minimum Gasteiger partial charge on any atom is -0.313 e. The van der Waals surface area contributed by atoms with Gasteiger partial charge < -0.3 is 4.57 Å². The first-order chi connectivity index (χ1) is 10.4. The number of benzene rings is 2. The molecule has 118 valence electrons. The van der Waals surface area contributed by atoms with Crippen LogP contribution < -0.4 is 10.6 Å². The average molecular weight is 330 g/mol. The molecular weight excluding hydrogens is 303 g/mol. The van der Waals surface area contributed by atoms with E-state index < -0.39 is 15.2 Å². The van der Waals surface area contributed by atoms with E-state index in [0.717, 1.165) is 23.1 Å². The van der Waals surface area contributed by atoms with Gasteiger partial charge in [-0.1, -0.05) is 87.2 Å². The van der Waals surface area contributed by atoms with E-state index in [4.69, 9.17) is 0 Å². The number of rotatable bonds is 6. The van der Waals surface area contributed by atoms with E-state index >= 15 is 0 Å². The Kier molecular flexibility index (Phi) is 5.47. The van der Waals surface area contributed by atoms with Crippen LogP contribution >= 0.6 is 7.14 Å². The molecule has 22 heavy (non-hydrogen) atoms. The molecule has 0 saturated heterocycles. The number of hydrogen-bond donors (Lipinski definition) is 0. The molecular formula is C19H27OPSi. The first-order valence-electron chi connectivity index (χ1n) is 8.09. The highest BCUT2D eigenvalue weighted by Gasteiger charge is 2.37. The summed E-state index contributed by atoms with van der Waals surface area (Å²) < 4.78 is 14.2. The molecule has 1 atom stereocenters. The fourth-order valence-corrected chi connectivity index (χ4v) is 10.4. The second-order valence-corrected chi connectivity index (χ2v) is 15.8. The van der Waals surface area contributed by atoms with Crippen molar-refractivity contribution in [3.05, 3.63) is 60.7 Å². The molecule has 1 nitrogen and oxygen atoms in total. The van der Waals surface area contributed by atoms with E-state index in [1.165, 1.54) is 0 Å². The summed E-state index contributed by atoms with van der Waals surface area (Å²) in [5.74, 6) is 0. The quantitative estimate of drug-likeness (QED) is 0.531. The molecule has 0 bridgehead atoms. The Morgan fingerprint density at radius 3 is 1.59 bits per heavy atom. The van der Waals surface area contributed by atoms with Crippen LogP contribution in [0.3, 0.4) is 0 Å². The van der Waals surface area contributed by atoms with Crippen molar-refractivity contribution in [1.82, 2.24) is 0 Å². The molecule has 0 N–H and O–H groups in total. The van der Waals surface area contributed by atoms with Gasteiger partial charge in [0.25, 0.3) is 0 Å². The molecule has 3 heteroatoms. The van der Waals surface area contributed by atoms with Crippen LogP contribution in [-0.2, 0) is 4.57 Å². The maximum absolute atomic E-state index is 14.2. The van der Waals surface area contributed by atoms with Crippen molar-refractivity contribution in [2.24, 2.45) is 0 Å². The van der Waals surface area contributed by atoms with Crippen LogP contribution in [0.4, 0.5) is 0 Å². The Morgan fingerprint density at radius 2 is 1.27 bits per heavy atom. The van der Waals surface area contributed by atoms with Crippen LogP contribution in [0.5, 0.6) is 0 Å². The van der Waals surface area contributed by atoms with Gasteiger partial charge in [-0.2, -0.15) is 0 Å². The third kappa shape index (κ3) is 3.80. The minimum absolute atomic E-state index is 0.240. The molecule has 0 radical (unpaired) electrons. The molecule has 0 fully saturated rings. The van der Waals surface area contributed by atoms with Gasteiger partial charge in [0, 0.05) is 24.3 Å². The third-order valence-corrected chi connectivity index (χ3v) is 9.88. The largest absolute Gasteiger partial charge is 0.313 e. The molecule has 0 spiro atoms. The lowest BCUT2D eigenvalue weighted by molar-refractivity contribution is 0.577. The molecule has 0 aliphatic heterocycles. The molecule has 1 unspecified atom stereocenters. The summed E-state index contributed by atoms with van der Waals surface area (Å²) >= 11 is 0. The fourth-order valence-electron chi connectivity index (χ4n) is 3.11. The van der Waals surface area contributed by atoms with Crippen LogP contribution in [-0.4, -0.2) is 13.7 Å². The Morgan fingerprint density at radius 1 is 0.864 bits per heavy atom. The summed E-state index contributed by atoms with van der Waals surface area (Å²) in [6.07, 6.45) is 0.964. The first-order valence-corrected chi connectivity index (χ1v) is 13.6. The van der Waals surface area contributed by atoms with Gasteiger partial charge in [-0.25, -0.2) is 0 Å². The minimum atomic E-state index is -2.60. The molecule has 0 aliphatic carbocycles. The summed E-state index contributed by atoms with van der Waals surface area (Å²) in [6, 6.07) is 21.3. The van der Waals surface area contributed by atoms with Crippen molar-refractivity contribution in [2.75, 3.05) is 0 Å². The topological polar surface area (TPSA) is 17.1 Å². The number of hydrogen-bond acceptors (Lipinski definition) is 1. The van der Waals surface area contributed by atoms with E-state index in [0.29, 0.717) is 0 Å². The zero-order valence-electron chi connectivity index (χ0n) is 14.1. The van der Waals surface area contributed by atoms with E-state index in [1.54, 1.807) is 0 Å². The van der Waals surface area contributed by atoms with E-state index in [9.17, 15) is 4.57 Å². The summed E-state index contributed by atoms with van der Waals surface area (Å²) in [5.41, 5.74) is 0.240. The van der Waals surface area contributed by atoms with Gasteiger partial charge in [0.1, 0.15) is 7.14 Å². The fraction of sp³-hybridized carbons (Fsp3) is 0.368. The van der Waals surface area contributed by atoms with Crippen molar-refractivity contribution in [3.63, 3.8) is 0 Å². The summed E-state index contributed by atoms with van der Waals surface area (Å²) in [6.45, 7) is 9.30. The molecule has 0 heterocycles. The van der Waals surface area contributed by atoms with Crippen LogP contribution in [0, 0.1) is 0 Å². The Hall–Kier alpha value is -1.11. The molecule has 2 aromatic rings. The Balaban J connectivity index is 2.58. The standard InChI is InChI=1S/C19H27OPSi/c1-5-17(16-22(2,3)4)21(20,18-12-8-6-9-13-18)19-14-10-7-11-15-19/h6-15,17H,5,16H2,1-4H3. The monoisotopic (exact) mass is 330 g/mol. The third-order valence-electron chi connectivity index (χ3n) is 4.11. The van der Waals surface area contributed by atoms with Gasteiger partial charge in [-0.05, 0) is 12.5 Å². The van der Waals surface area contributed by atoms with Crippen molar-refractivity contribution in [1.29, 1.82) is 0 Å². The van der Waals surface area contributed by atoms with E-state index in [1.807, 2.05) is 60.7 Å². The van der Waals surface area contributed by atoms with Gasteiger partial charge in [0.05, 0.1) is 0 Å². The summed E-state index contributed by atoms with van der Waals surface area (Å²) in [5, 5.41) is 2.01. The Bertz CT molecular complexity index is 588.